The van der Waals surface area contributed by atoms with E-state index < -0.39 is 23.4 Å². The van der Waals surface area contributed by atoms with Gasteiger partial charge in [-0.25, -0.2) is 9.78 Å². The first kappa shape index (κ1) is 21.7. The van der Waals surface area contributed by atoms with Crippen molar-refractivity contribution >= 4 is 17.8 Å². The predicted octanol–water partition coefficient (Wildman–Crippen LogP) is 3.19. The van der Waals surface area contributed by atoms with E-state index in [0.717, 1.165) is 12.0 Å². The zero-order chi connectivity index (χ0) is 23.5. The van der Waals surface area contributed by atoms with Crippen molar-refractivity contribution in [3.63, 3.8) is 0 Å². The smallest absolute Gasteiger partial charge is 0.328 e. The molecule has 5 rings (SSSR count). The van der Waals surface area contributed by atoms with Gasteiger partial charge in [-0.05, 0) is 61.4 Å². The number of hydrogen-bond donors (Lipinski definition) is 2. The largest absolute Gasteiger partial charge is 0.467 e. The van der Waals surface area contributed by atoms with E-state index in [2.05, 4.69) is 15.6 Å². The molecule has 10 nitrogen and oxygen atoms in total. The highest BCUT2D eigenvalue weighted by atomic mass is 16.5. The molecule has 0 spiro atoms. The van der Waals surface area contributed by atoms with E-state index in [0.29, 0.717) is 30.4 Å². The van der Waals surface area contributed by atoms with E-state index in [-0.39, 0.29) is 18.3 Å². The average Bonchev–Trinajstić information content (AvgIpc) is 3.54. The summed E-state index contributed by atoms with van der Waals surface area (Å²) in [7, 11) is 0. The second-order valence-electron chi connectivity index (χ2n) is 7.94. The minimum atomic E-state index is -1.92. The molecule has 4 amide bonds. The first-order valence-corrected chi connectivity index (χ1v) is 10.8. The number of ether oxygens (including phenoxy) is 3. The maximum Gasteiger partial charge on any atom is 0.328 e. The number of oxazole rings is 1. The molecule has 2 aliphatic rings. The van der Waals surface area contributed by atoms with Gasteiger partial charge < -0.3 is 18.6 Å². The van der Waals surface area contributed by atoms with Gasteiger partial charge in [0.1, 0.15) is 23.5 Å². The molecule has 174 valence electrons. The Bertz CT molecular complexity index is 1160. The number of imide groups is 2. The highest BCUT2D eigenvalue weighted by Gasteiger charge is 2.54. The summed E-state index contributed by atoms with van der Waals surface area (Å²) < 4.78 is 22.6. The average molecular weight is 463 g/mol. The van der Waals surface area contributed by atoms with E-state index in [4.69, 9.17) is 18.6 Å². The molecule has 0 saturated carbocycles. The Morgan fingerprint density at radius 3 is 2.18 bits per heavy atom. The van der Waals surface area contributed by atoms with Crippen LogP contribution in [0.4, 0.5) is 4.79 Å². The molecule has 1 atom stereocenters. The summed E-state index contributed by atoms with van der Waals surface area (Å²) in [6.45, 7) is 0.550. The Hall–Kier alpha value is -4.18. The van der Waals surface area contributed by atoms with Crippen LogP contribution in [0, 0.1) is 0 Å². The van der Waals surface area contributed by atoms with Gasteiger partial charge in [0.05, 0.1) is 12.3 Å². The van der Waals surface area contributed by atoms with Crippen LogP contribution in [-0.2, 0) is 14.3 Å². The van der Waals surface area contributed by atoms with Crippen molar-refractivity contribution in [1.29, 1.82) is 0 Å². The van der Waals surface area contributed by atoms with Crippen LogP contribution in [0.1, 0.15) is 19.3 Å². The van der Waals surface area contributed by atoms with E-state index >= 15 is 0 Å². The molecule has 2 saturated heterocycles. The highest BCUT2D eigenvalue weighted by Crippen LogP contribution is 2.32. The number of carbonyl (C=O) groups is 3. The molecule has 0 bridgehead atoms. The van der Waals surface area contributed by atoms with Crippen LogP contribution in [0.3, 0.4) is 0 Å². The van der Waals surface area contributed by atoms with Gasteiger partial charge in [-0.2, -0.15) is 0 Å². The van der Waals surface area contributed by atoms with Gasteiger partial charge in [0.25, 0.3) is 17.4 Å². The summed E-state index contributed by atoms with van der Waals surface area (Å²) in [5, 5.41) is 4.25. The molecule has 1 aromatic heterocycles. The fourth-order valence-corrected chi connectivity index (χ4v) is 3.93. The van der Waals surface area contributed by atoms with Gasteiger partial charge in [0.15, 0.2) is 0 Å². The molecule has 2 aromatic carbocycles. The second-order valence-corrected chi connectivity index (χ2v) is 7.94. The predicted molar refractivity (Wildman–Crippen MR) is 117 cm³/mol. The SMILES string of the molecule is O=C1NC(=O)C(CC2CCCO2)(Oc2ccc(Oc3ccc(-c4ncco4)cc3)cc2)C(=O)N1. The summed E-state index contributed by atoms with van der Waals surface area (Å²) >= 11 is 0. The van der Waals surface area contributed by atoms with Gasteiger partial charge in [0, 0.05) is 18.6 Å². The molecular weight excluding hydrogens is 442 g/mol. The van der Waals surface area contributed by atoms with E-state index in [1.807, 2.05) is 12.1 Å². The molecule has 3 aromatic rings. The lowest BCUT2D eigenvalue weighted by Crippen LogP contribution is -2.69. The zero-order valence-electron chi connectivity index (χ0n) is 18.0. The monoisotopic (exact) mass is 463 g/mol. The van der Waals surface area contributed by atoms with Crippen molar-refractivity contribution < 1.29 is 33.0 Å². The first-order valence-electron chi connectivity index (χ1n) is 10.8. The number of carbonyl (C=O) groups excluding carboxylic acids is 3. The number of hydrogen-bond acceptors (Lipinski definition) is 8. The number of amides is 4. The van der Waals surface area contributed by atoms with Crippen molar-refractivity contribution in [3.05, 3.63) is 61.0 Å². The van der Waals surface area contributed by atoms with Crippen LogP contribution in [-0.4, -0.2) is 41.1 Å². The number of barbiturate groups is 1. The van der Waals surface area contributed by atoms with Gasteiger partial charge in [-0.3, -0.25) is 20.2 Å². The second kappa shape index (κ2) is 8.99. The fourth-order valence-electron chi connectivity index (χ4n) is 3.93. The lowest BCUT2D eigenvalue weighted by molar-refractivity contribution is -0.154. The molecule has 3 heterocycles. The van der Waals surface area contributed by atoms with Crippen LogP contribution in [0.25, 0.3) is 11.5 Å². The fraction of sp³-hybridized carbons (Fsp3) is 0.250. The van der Waals surface area contributed by atoms with Crippen molar-refractivity contribution in [1.82, 2.24) is 15.6 Å². The molecule has 2 aliphatic heterocycles. The van der Waals surface area contributed by atoms with Crippen LogP contribution in [0.2, 0.25) is 0 Å². The lowest BCUT2D eigenvalue weighted by atomic mass is 9.91. The number of nitrogens with zero attached hydrogens (tertiary/aromatic N) is 1. The molecule has 2 fully saturated rings. The zero-order valence-corrected chi connectivity index (χ0v) is 18.0. The molecule has 0 radical (unpaired) electrons. The number of urea groups is 1. The topological polar surface area (TPSA) is 129 Å². The van der Waals surface area contributed by atoms with E-state index in [9.17, 15) is 14.4 Å². The minimum absolute atomic E-state index is 0.00687. The summed E-state index contributed by atoms with van der Waals surface area (Å²) in [4.78, 5) is 41.2. The van der Waals surface area contributed by atoms with Crippen LogP contribution < -0.4 is 20.1 Å². The third kappa shape index (κ3) is 4.35. The summed E-state index contributed by atoms with van der Waals surface area (Å²) in [6, 6.07) is 12.8. The normalized spacial score (nSPS) is 19.4. The van der Waals surface area contributed by atoms with Crippen LogP contribution >= 0.6 is 0 Å². The van der Waals surface area contributed by atoms with Gasteiger partial charge in [-0.1, -0.05) is 0 Å². The van der Waals surface area contributed by atoms with Crippen LogP contribution in [0.5, 0.6) is 17.2 Å². The summed E-state index contributed by atoms with van der Waals surface area (Å²) in [5.74, 6) is 0.277. The Kier molecular flexibility index (Phi) is 5.72. The van der Waals surface area contributed by atoms with E-state index in [1.54, 1.807) is 42.6 Å². The van der Waals surface area contributed by atoms with Crippen molar-refractivity contribution in [2.45, 2.75) is 31.0 Å². The summed E-state index contributed by atoms with van der Waals surface area (Å²) in [6.07, 6.45) is 4.27. The number of rotatable bonds is 7. The molecule has 1 unspecified atom stereocenters. The first-order chi connectivity index (χ1) is 16.5. The van der Waals surface area contributed by atoms with E-state index in [1.165, 1.54) is 6.26 Å². The number of aromatic nitrogens is 1. The highest BCUT2D eigenvalue weighted by molar-refractivity contribution is 6.21. The molecular formula is C24H21N3O7. The van der Waals surface area contributed by atoms with Crippen LogP contribution in [0.15, 0.2) is 65.4 Å². The van der Waals surface area contributed by atoms with Crippen molar-refractivity contribution in [3.8, 4) is 28.7 Å². The third-order valence-electron chi connectivity index (χ3n) is 5.61. The number of benzene rings is 2. The molecule has 2 N–H and O–H groups in total. The molecule has 0 aliphatic carbocycles. The van der Waals surface area contributed by atoms with Gasteiger partial charge in [-0.15, -0.1) is 0 Å². The lowest BCUT2D eigenvalue weighted by Gasteiger charge is -2.35. The van der Waals surface area contributed by atoms with Gasteiger partial charge >= 0.3 is 6.03 Å². The minimum Gasteiger partial charge on any atom is -0.467 e. The molecule has 10 heteroatoms. The Morgan fingerprint density at radius 1 is 0.941 bits per heavy atom. The number of nitrogens with one attached hydrogen (secondary N) is 2. The third-order valence-corrected chi connectivity index (χ3v) is 5.61. The molecule has 34 heavy (non-hydrogen) atoms. The van der Waals surface area contributed by atoms with Gasteiger partial charge in [0.2, 0.25) is 5.89 Å². The Morgan fingerprint density at radius 2 is 1.59 bits per heavy atom. The Labute approximate surface area is 194 Å². The van der Waals surface area contributed by atoms with Crippen molar-refractivity contribution in [2.75, 3.05) is 6.61 Å². The quantitative estimate of drug-likeness (QED) is 0.511. The summed E-state index contributed by atoms with van der Waals surface area (Å²) in [5.41, 5.74) is -1.10. The Balaban J connectivity index is 1.31. The standard InChI is InChI=1S/C24H21N3O7/c28-21-24(14-19-2-1-12-31-19,22(29)27-23(30)26-21)34-18-9-7-17(8-10-18)33-16-5-3-15(4-6-16)20-25-11-13-32-20/h3-11,13,19H,1-2,12,14H2,(H2,26,27,28,29,30). The maximum atomic E-state index is 12.7. The van der Waals surface area contributed by atoms with Crippen molar-refractivity contribution in [2.24, 2.45) is 0 Å². The maximum absolute atomic E-state index is 12.7.